The van der Waals surface area contributed by atoms with Gasteiger partial charge < -0.3 is 25.5 Å². The maximum atomic E-state index is 10.9. The summed E-state index contributed by atoms with van der Waals surface area (Å²) in [7, 11) is -3.04. The molecule has 0 spiro atoms. The number of thiocarbonyl (C=S) groups is 1. The van der Waals surface area contributed by atoms with Crippen LogP contribution in [0.15, 0.2) is 0 Å². The van der Waals surface area contributed by atoms with E-state index in [1.165, 1.54) is 0 Å². The number of rotatable bonds is 10. The molecule has 120 valence electrons. The van der Waals surface area contributed by atoms with Crippen LogP contribution in [0, 0.1) is 0 Å². The van der Waals surface area contributed by atoms with Crippen LogP contribution < -0.4 is 0 Å². The second-order valence-electron chi connectivity index (χ2n) is 4.73. The van der Waals surface area contributed by atoms with E-state index < -0.39 is 40.9 Å². The smallest absolute Gasteiger partial charge is 0.147 e. The molecule has 0 aromatic carbocycles. The summed E-state index contributed by atoms with van der Waals surface area (Å²) in [4.78, 5) is 0.0650. The number of hydrogen-bond donors (Lipinski definition) is 5. The minimum atomic E-state index is -3.04. The van der Waals surface area contributed by atoms with Crippen LogP contribution in [0.3, 0.4) is 0 Å². The molecular weight excluding hydrogens is 308 g/mol. The molecule has 9 heteroatoms. The van der Waals surface area contributed by atoms with E-state index in [0.717, 1.165) is 6.26 Å². The summed E-state index contributed by atoms with van der Waals surface area (Å²) in [6.45, 7) is -0.758. The minimum absolute atomic E-state index is 0.0140. The average Bonchev–Trinajstić information content (AvgIpc) is 2.38. The Morgan fingerprint density at radius 1 is 1.10 bits per heavy atom. The van der Waals surface area contributed by atoms with Gasteiger partial charge in [-0.05, 0) is 19.3 Å². The first-order chi connectivity index (χ1) is 9.10. The quantitative estimate of drug-likeness (QED) is 0.229. The fourth-order valence-electron chi connectivity index (χ4n) is 1.52. The van der Waals surface area contributed by atoms with Crippen LogP contribution in [-0.2, 0) is 9.84 Å². The first-order valence-electron chi connectivity index (χ1n) is 6.13. The molecule has 4 atom stereocenters. The van der Waals surface area contributed by atoms with Gasteiger partial charge in [-0.1, -0.05) is 12.2 Å². The van der Waals surface area contributed by atoms with Crippen molar-refractivity contribution in [1.82, 2.24) is 0 Å². The molecule has 0 bridgehead atoms. The first-order valence-corrected chi connectivity index (χ1v) is 8.60. The Labute approximate surface area is 123 Å². The first kappa shape index (κ1) is 19.8. The van der Waals surface area contributed by atoms with E-state index >= 15 is 0 Å². The Hall–Kier alpha value is -0.160. The van der Waals surface area contributed by atoms with E-state index in [1.807, 2.05) is 0 Å². The minimum Gasteiger partial charge on any atom is -0.394 e. The third kappa shape index (κ3) is 7.58. The van der Waals surface area contributed by atoms with E-state index in [0.29, 0.717) is 12.8 Å². The lowest BCUT2D eigenvalue weighted by Gasteiger charge is -2.26. The van der Waals surface area contributed by atoms with Gasteiger partial charge in [-0.25, -0.2) is 8.42 Å². The molecule has 7 nitrogen and oxygen atoms in total. The highest BCUT2D eigenvalue weighted by Crippen LogP contribution is 2.11. The average molecular weight is 330 g/mol. The van der Waals surface area contributed by atoms with E-state index in [-0.39, 0.29) is 17.0 Å². The van der Waals surface area contributed by atoms with Gasteiger partial charge in [0, 0.05) is 16.9 Å². The molecule has 0 aromatic rings. The lowest BCUT2D eigenvalue weighted by atomic mass is 9.99. The standard InChI is InChI=1S/C11H22O7S2/c1-20(17,18)5-3-2-4-8(19)10(15)11(16)9(14)7(13)6-12/h7,9-16H,2-6H2,1H3. The SMILES string of the molecule is CS(=O)(=O)CCCCC(=S)C(O)C(O)C(O)C(O)CO. The van der Waals surface area contributed by atoms with Crippen molar-refractivity contribution < 1.29 is 34.0 Å². The number of aliphatic hydroxyl groups excluding tert-OH is 5. The zero-order chi connectivity index (χ0) is 15.9. The predicted octanol–water partition coefficient (Wildman–Crippen LogP) is -1.99. The third-order valence-electron chi connectivity index (χ3n) is 2.77. The van der Waals surface area contributed by atoms with Crippen LogP contribution in [0.4, 0.5) is 0 Å². The van der Waals surface area contributed by atoms with Crippen molar-refractivity contribution in [3.8, 4) is 0 Å². The van der Waals surface area contributed by atoms with Gasteiger partial charge in [0.2, 0.25) is 0 Å². The van der Waals surface area contributed by atoms with E-state index in [1.54, 1.807) is 0 Å². The van der Waals surface area contributed by atoms with Crippen LogP contribution in [0.2, 0.25) is 0 Å². The molecule has 0 rings (SSSR count). The Bertz CT molecular complexity index is 396. The molecule has 0 aromatic heterocycles. The third-order valence-corrected chi connectivity index (χ3v) is 4.25. The lowest BCUT2D eigenvalue weighted by Crippen LogP contribution is -2.48. The summed E-state index contributed by atoms with van der Waals surface area (Å²) >= 11 is 4.89. The molecule has 0 saturated carbocycles. The van der Waals surface area contributed by atoms with Gasteiger partial charge >= 0.3 is 0 Å². The summed E-state index contributed by atoms with van der Waals surface area (Å²) in [6, 6.07) is 0. The van der Waals surface area contributed by atoms with Crippen LogP contribution in [0.1, 0.15) is 19.3 Å². The molecule has 0 aliphatic rings. The Kier molecular flexibility index (Phi) is 8.91. The number of sulfone groups is 1. The molecule has 4 unspecified atom stereocenters. The van der Waals surface area contributed by atoms with Gasteiger partial charge in [0.25, 0.3) is 0 Å². The predicted molar refractivity (Wildman–Crippen MR) is 77.3 cm³/mol. The maximum absolute atomic E-state index is 10.9. The second kappa shape index (κ2) is 8.98. The molecule has 0 fully saturated rings. The van der Waals surface area contributed by atoms with Gasteiger partial charge in [-0.15, -0.1) is 0 Å². The molecule has 0 saturated heterocycles. The molecule has 0 heterocycles. The highest BCUT2D eigenvalue weighted by Gasteiger charge is 2.31. The topological polar surface area (TPSA) is 135 Å². The van der Waals surface area contributed by atoms with Gasteiger partial charge in [0.1, 0.15) is 34.3 Å². The molecule has 0 aliphatic carbocycles. The molecule has 0 amide bonds. The summed E-state index contributed by atoms with van der Waals surface area (Å²) < 4.78 is 21.8. The number of hydrogen-bond acceptors (Lipinski definition) is 8. The number of unbranched alkanes of at least 4 members (excludes halogenated alkanes) is 1. The van der Waals surface area contributed by atoms with Gasteiger partial charge in [-0.2, -0.15) is 0 Å². The fraction of sp³-hybridized carbons (Fsp3) is 0.909. The van der Waals surface area contributed by atoms with E-state index in [9.17, 15) is 23.7 Å². The van der Waals surface area contributed by atoms with Gasteiger partial charge in [0.15, 0.2) is 0 Å². The Morgan fingerprint density at radius 2 is 1.65 bits per heavy atom. The van der Waals surface area contributed by atoms with Gasteiger partial charge in [0.05, 0.1) is 6.61 Å². The molecule has 5 N–H and O–H groups in total. The van der Waals surface area contributed by atoms with Gasteiger partial charge in [-0.3, -0.25) is 0 Å². The highest BCUT2D eigenvalue weighted by atomic mass is 32.2. The molecule has 0 aliphatic heterocycles. The Balaban J connectivity index is 4.21. The van der Waals surface area contributed by atoms with Crippen LogP contribution >= 0.6 is 12.2 Å². The second-order valence-corrected chi connectivity index (χ2v) is 7.51. The monoisotopic (exact) mass is 330 g/mol. The maximum Gasteiger partial charge on any atom is 0.147 e. The summed E-state index contributed by atoms with van der Waals surface area (Å²) in [5.41, 5.74) is 0. The molecule has 0 radical (unpaired) electrons. The van der Waals surface area contributed by atoms with Crippen LogP contribution in [-0.4, -0.2) is 81.8 Å². The van der Waals surface area contributed by atoms with Crippen LogP contribution in [0.25, 0.3) is 0 Å². The van der Waals surface area contributed by atoms with Crippen molar-refractivity contribution in [2.24, 2.45) is 0 Å². The number of aliphatic hydroxyl groups is 5. The van der Waals surface area contributed by atoms with Crippen molar-refractivity contribution in [1.29, 1.82) is 0 Å². The normalized spacial score (nSPS) is 18.3. The van der Waals surface area contributed by atoms with E-state index in [2.05, 4.69) is 0 Å². The summed E-state index contributed by atoms with van der Waals surface area (Å²) in [6.07, 6.45) is -4.39. The van der Waals surface area contributed by atoms with Crippen molar-refractivity contribution in [3.05, 3.63) is 0 Å². The van der Waals surface area contributed by atoms with Crippen molar-refractivity contribution in [2.75, 3.05) is 18.6 Å². The van der Waals surface area contributed by atoms with Crippen molar-refractivity contribution >= 4 is 26.9 Å². The summed E-state index contributed by atoms with van der Waals surface area (Å²) in [5, 5.41) is 46.5. The lowest BCUT2D eigenvalue weighted by molar-refractivity contribution is -0.101. The van der Waals surface area contributed by atoms with Crippen molar-refractivity contribution in [3.63, 3.8) is 0 Å². The van der Waals surface area contributed by atoms with Crippen LogP contribution in [0.5, 0.6) is 0 Å². The van der Waals surface area contributed by atoms with Crippen molar-refractivity contribution in [2.45, 2.75) is 43.7 Å². The Morgan fingerprint density at radius 3 is 2.10 bits per heavy atom. The molecule has 20 heavy (non-hydrogen) atoms. The molecular formula is C11H22O7S2. The largest absolute Gasteiger partial charge is 0.394 e. The zero-order valence-corrected chi connectivity index (χ0v) is 12.8. The fourth-order valence-corrected chi connectivity index (χ4v) is 2.54. The zero-order valence-electron chi connectivity index (χ0n) is 11.2. The van der Waals surface area contributed by atoms with E-state index in [4.69, 9.17) is 22.4 Å². The highest BCUT2D eigenvalue weighted by molar-refractivity contribution is 7.90. The summed E-state index contributed by atoms with van der Waals surface area (Å²) in [5.74, 6) is 0.0140.